The molecule has 1 aliphatic heterocycles. The van der Waals surface area contributed by atoms with Gasteiger partial charge in [-0.15, -0.1) is 0 Å². The number of carbonyl (C=O) groups excluding carboxylic acids is 1. The van der Waals surface area contributed by atoms with Crippen molar-refractivity contribution < 1.29 is 4.79 Å². The molecule has 114 valence electrons. The number of aryl methyl sites for hydroxylation is 1. The zero-order valence-electron chi connectivity index (χ0n) is 13.0. The zero-order chi connectivity index (χ0) is 14.9. The third-order valence-electron chi connectivity index (χ3n) is 5.12. The molecule has 3 heteroatoms. The molecule has 1 amide bonds. The van der Waals surface area contributed by atoms with E-state index in [0.29, 0.717) is 6.42 Å². The zero-order valence-corrected chi connectivity index (χ0v) is 13.0. The maximum Gasteiger partial charge on any atom is 0.224 e. The van der Waals surface area contributed by atoms with Gasteiger partial charge in [0.25, 0.3) is 0 Å². The Kier molecular flexibility index (Phi) is 4.03. The lowest BCUT2D eigenvalue weighted by Crippen LogP contribution is -2.50. The van der Waals surface area contributed by atoms with Crippen LogP contribution in [0.5, 0.6) is 0 Å². The van der Waals surface area contributed by atoms with E-state index >= 15 is 0 Å². The van der Waals surface area contributed by atoms with E-state index in [9.17, 15) is 4.79 Å². The summed E-state index contributed by atoms with van der Waals surface area (Å²) >= 11 is 0. The number of piperidine rings is 1. The molecule has 1 aromatic carbocycles. The minimum Gasteiger partial charge on any atom is -0.342 e. The lowest BCUT2D eigenvalue weighted by Gasteiger charge is -2.46. The van der Waals surface area contributed by atoms with Crippen LogP contribution in [0.3, 0.4) is 0 Å². The van der Waals surface area contributed by atoms with E-state index < -0.39 is 0 Å². The molecular weight excluding hydrogens is 260 g/mol. The van der Waals surface area contributed by atoms with Crippen LogP contribution < -0.4 is 5.73 Å². The molecule has 3 rings (SSSR count). The smallest absolute Gasteiger partial charge is 0.224 e. The van der Waals surface area contributed by atoms with Gasteiger partial charge in [0, 0.05) is 31.0 Å². The van der Waals surface area contributed by atoms with Gasteiger partial charge >= 0.3 is 0 Å². The predicted molar refractivity (Wildman–Crippen MR) is 85.1 cm³/mol. The highest BCUT2D eigenvalue weighted by atomic mass is 16.2. The van der Waals surface area contributed by atoms with Crippen molar-refractivity contribution in [2.75, 3.05) is 13.1 Å². The highest BCUT2D eigenvalue weighted by Crippen LogP contribution is 2.43. The average molecular weight is 286 g/mol. The van der Waals surface area contributed by atoms with Gasteiger partial charge in [-0.3, -0.25) is 4.79 Å². The van der Waals surface area contributed by atoms with Crippen molar-refractivity contribution in [3.63, 3.8) is 0 Å². The van der Waals surface area contributed by atoms with E-state index in [2.05, 4.69) is 29.2 Å². The number of hydrogen-bond acceptors (Lipinski definition) is 2. The molecule has 0 aromatic heterocycles. The summed E-state index contributed by atoms with van der Waals surface area (Å²) in [5.74, 6) is 0.229. The number of nitrogens with zero attached hydrogens (tertiary/aromatic N) is 1. The van der Waals surface area contributed by atoms with Gasteiger partial charge in [0.2, 0.25) is 5.91 Å². The van der Waals surface area contributed by atoms with Crippen LogP contribution in [0.4, 0.5) is 0 Å². The fourth-order valence-electron chi connectivity index (χ4n) is 4.18. The number of amides is 1. The minimum atomic E-state index is -0.0472. The van der Waals surface area contributed by atoms with Crippen LogP contribution in [0.25, 0.3) is 0 Å². The third-order valence-corrected chi connectivity index (χ3v) is 5.12. The molecule has 2 aliphatic rings. The summed E-state index contributed by atoms with van der Waals surface area (Å²) in [7, 11) is 0. The lowest BCUT2D eigenvalue weighted by atomic mass is 9.66. The normalized spacial score (nSPS) is 26.5. The second-order valence-corrected chi connectivity index (χ2v) is 6.89. The Labute approximate surface area is 127 Å². The molecular formula is C18H26N2O. The van der Waals surface area contributed by atoms with Crippen molar-refractivity contribution in [1.29, 1.82) is 0 Å². The summed E-state index contributed by atoms with van der Waals surface area (Å²) < 4.78 is 0. The number of likely N-dealkylation sites (tertiary alicyclic amines) is 1. The second kappa shape index (κ2) is 5.80. The molecule has 2 atom stereocenters. The second-order valence-electron chi connectivity index (χ2n) is 6.89. The maximum atomic E-state index is 12.4. The number of nitrogens with two attached hydrogens (primary N) is 1. The van der Waals surface area contributed by atoms with E-state index in [0.717, 1.165) is 19.5 Å². The fourth-order valence-corrected chi connectivity index (χ4v) is 4.18. The first kappa shape index (κ1) is 14.6. The number of hydrogen-bond donors (Lipinski definition) is 1. The molecule has 1 aliphatic carbocycles. The number of carbonyl (C=O) groups is 1. The first-order chi connectivity index (χ1) is 10.1. The van der Waals surface area contributed by atoms with Crippen molar-refractivity contribution in [2.24, 2.45) is 5.73 Å². The van der Waals surface area contributed by atoms with E-state index in [1.165, 1.54) is 36.8 Å². The molecule has 2 N–H and O–H groups in total. The quantitative estimate of drug-likeness (QED) is 0.908. The molecule has 0 unspecified atom stereocenters. The molecule has 21 heavy (non-hydrogen) atoms. The Morgan fingerprint density at radius 1 is 1.33 bits per heavy atom. The summed E-state index contributed by atoms with van der Waals surface area (Å²) in [6.45, 7) is 3.69. The maximum absolute atomic E-state index is 12.4. The third kappa shape index (κ3) is 2.84. The van der Waals surface area contributed by atoms with E-state index in [-0.39, 0.29) is 17.4 Å². The van der Waals surface area contributed by atoms with Crippen LogP contribution in [0.1, 0.15) is 50.2 Å². The summed E-state index contributed by atoms with van der Waals surface area (Å²) in [6.07, 6.45) is 6.44. The number of rotatable bonds is 2. The van der Waals surface area contributed by atoms with Crippen LogP contribution in [-0.4, -0.2) is 29.9 Å². The van der Waals surface area contributed by atoms with Gasteiger partial charge in [0.1, 0.15) is 0 Å². The van der Waals surface area contributed by atoms with E-state index in [1.807, 2.05) is 6.92 Å². The molecule has 0 bridgehead atoms. The minimum absolute atomic E-state index is 0.0472. The van der Waals surface area contributed by atoms with Gasteiger partial charge < -0.3 is 10.6 Å². The van der Waals surface area contributed by atoms with Crippen LogP contribution in [-0.2, 0) is 16.6 Å². The van der Waals surface area contributed by atoms with E-state index in [4.69, 9.17) is 5.73 Å². The average Bonchev–Trinajstić information content (AvgIpc) is 2.47. The van der Waals surface area contributed by atoms with Crippen LogP contribution in [0.2, 0.25) is 0 Å². The van der Waals surface area contributed by atoms with Crippen LogP contribution in [0, 0.1) is 0 Å². The van der Waals surface area contributed by atoms with Crippen LogP contribution in [0.15, 0.2) is 24.3 Å². The molecule has 1 heterocycles. The highest BCUT2D eigenvalue weighted by Gasteiger charge is 2.41. The summed E-state index contributed by atoms with van der Waals surface area (Å²) in [6, 6.07) is 8.79. The molecule has 1 saturated heterocycles. The fraction of sp³-hybridized carbons (Fsp3) is 0.611. The van der Waals surface area contributed by atoms with E-state index in [1.54, 1.807) is 0 Å². The van der Waals surface area contributed by atoms with Gasteiger partial charge in [-0.1, -0.05) is 24.3 Å². The number of benzene rings is 1. The summed E-state index contributed by atoms with van der Waals surface area (Å²) in [5.41, 5.74) is 8.98. The number of fused-ring (bicyclic) bond motifs is 2. The Morgan fingerprint density at radius 2 is 2.10 bits per heavy atom. The van der Waals surface area contributed by atoms with Gasteiger partial charge in [0.15, 0.2) is 0 Å². The van der Waals surface area contributed by atoms with Gasteiger partial charge in [-0.2, -0.15) is 0 Å². The first-order valence-electron chi connectivity index (χ1n) is 8.22. The monoisotopic (exact) mass is 286 g/mol. The lowest BCUT2D eigenvalue weighted by molar-refractivity contribution is -0.133. The molecule has 0 radical (unpaired) electrons. The first-order valence-corrected chi connectivity index (χ1v) is 8.22. The van der Waals surface area contributed by atoms with Crippen molar-refractivity contribution >= 4 is 5.91 Å². The highest BCUT2D eigenvalue weighted by molar-refractivity contribution is 5.77. The molecule has 1 spiro atoms. The van der Waals surface area contributed by atoms with Gasteiger partial charge in [0.05, 0.1) is 0 Å². The van der Waals surface area contributed by atoms with Crippen molar-refractivity contribution in [3.8, 4) is 0 Å². The molecule has 0 saturated carbocycles. The van der Waals surface area contributed by atoms with Gasteiger partial charge in [-0.05, 0) is 50.2 Å². The van der Waals surface area contributed by atoms with Crippen molar-refractivity contribution in [3.05, 3.63) is 35.4 Å². The summed E-state index contributed by atoms with van der Waals surface area (Å²) in [4.78, 5) is 14.5. The Balaban J connectivity index is 1.84. The molecule has 3 nitrogen and oxygen atoms in total. The summed E-state index contributed by atoms with van der Waals surface area (Å²) in [5, 5.41) is 0. The topological polar surface area (TPSA) is 46.3 Å². The standard InChI is InChI=1S/C18H26N2O/c1-14(19)12-17(21)20-11-5-10-18(13-20)9-4-7-15-6-2-3-8-16(15)18/h2-3,6,8,14H,4-5,7,9-13,19H2,1H3/t14-,18-/m1/s1. The Bertz CT molecular complexity index is 526. The Hall–Kier alpha value is -1.35. The molecule has 1 aromatic rings. The van der Waals surface area contributed by atoms with Crippen LogP contribution >= 0.6 is 0 Å². The predicted octanol–water partition coefficient (Wildman–Crippen LogP) is 2.62. The van der Waals surface area contributed by atoms with Gasteiger partial charge in [-0.25, -0.2) is 0 Å². The largest absolute Gasteiger partial charge is 0.342 e. The SMILES string of the molecule is C[C@@H](N)CC(=O)N1CCC[C@]2(CCCc3ccccc32)C1. The van der Waals surface area contributed by atoms with Crippen molar-refractivity contribution in [1.82, 2.24) is 4.90 Å². The van der Waals surface area contributed by atoms with Crippen molar-refractivity contribution in [2.45, 2.75) is 56.9 Å². The Morgan fingerprint density at radius 3 is 2.90 bits per heavy atom. The molecule has 1 fully saturated rings.